The second kappa shape index (κ2) is 4.90. The van der Waals surface area contributed by atoms with Gasteiger partial charge in [0.25, 0.3) is 0 Å². The monoisotopic (exact) mass is 249 g/mol. The van der Waals surface area contributed by atoms with Gasteiger partial charge in [-0.2, -0.15) is 0 Å². The number of nitrogens with two attached hydrogens (primary N) is 1. The van der Waals surface area contributed by atoms with Crippen molar-refractivity contribution in [2.75, 3.05) is 0 Å². The summed E-state index contributed by atoms with van der Waals surface area (Å²) in [5.41, 5.74) is 10.00. The molecule has 0 spiro atoms. The standard InChI is InChI=1S/C13H16ClN3/c1-8-10(4-3-5-11(8)14)6-12-9(2)16-13(7-15)17-12/h3-5H,6-7,15H2,1-2H3,(H,16,17). The molecule has 4 heteroatoms. The Kier molecular flexibility index (Phi) is 3.50. The van der Waals surface area contributed by atoms with E-state index in [0.717, 1.165) is 34.2 Å². The van der Waals surface area contributed by atoms with Crippen molar-refractivity contribution in [3.8, 4) is 0 Å². The lowest BCUT2D eigenvalue weighted by molar-refractivity contribution is 0.934. The van der Waals surface area contributed by atoms with Gasteiger partial charge in [0.1, 0.15) is 5.82 Å². The fourth-order valence-corrected chi connectivity index (χ4v) is 2.05. The molecule has 0 radical (unpaired) electrons. The minimum absolute atomic E-state index is 0.440. The zero-order valence-corrected chi connectivity index (χ0v) is 10.8. The molecule has 0 bridgehead atoms. The minimum atomic E-state index is 0.440. The van der Waals surface area contributed by atoms with E-state index in [4.69, 9.17) is 17.3 Å². The van der Waals surface area contributed by atoms with E-state index < -0.39 is 0 Å². The van der Waals surface area contributed by atoms with E-state index in [9.17, 15) is 0 Å². The van der Waals surface area contributed by atoms with Gasteiger partial charge >= 0.3 is 0 Å². The van der Waals surface area contributed by atoms with Crippen LogP contribution in [0.5, 0.6) is 0 Å². The Morgan fingerprint density at radius 3 is 2.76 bits per heavy atom. The number of nitrogens with zero attached hydrogens (tertiary/aromatic N) is 1. The molecule has 0 saturated heterocycles. The molecule has 3 N–H and O–H groups in total. The van der Waals surface area contributed by atoms with E-state index in [1.54, 1.807) is 0 Å². The maximum absolute atomic E-state index is 6.10. The number of H-pyrrole nitrogens is 1. The zero-order valence-electron chi connectivity index (χ0n) is 10.0. The van der Waals surface area contributed by atoms with Crippen LogP contribution in [0.2, 0.25) is 5.02 Å². The van der Waals surface area contributed by atoms with E-state index in [0.29, 0.717) is 6.54 Å². The second-order valence-corrected chi connectivity index (χ2v) is 4.57. The van der Waals surface area contributed by atoms with Crippen molar-refractivity contribution in [3.05, 3.63) is 51.6 Å². The van der Waals surface area contributed by atoms with E-state index in [-0.39, 0.29) is 0 Å². The molecule has 90 valence electrons. The number of nitrogens with one attached hydrogen (secondary N) is 1. The molecule has 0 aliphatic heterocycles. The molecule has 0 saturated carbocycles. The van der Waals surface area contributed by atoms with Gasteiger partial charge in [-0.1, -0.05) is 23.7 Å². The number of aromatic nitrogens is 2. The minimum Gasteiger partial charge on any atom is -0.345 e. The molecule has 0 unspecified atom stereocenters. The molecule has 1 aromatic heterocycles. The van der Waals surface area contributed by atoms with Crippen molar-refractivity contribution in [3.63, 3.8) is 0 Å². The average Bonchev–Trinajstić information content (AvgIpc) is 2.66. The van der Waals surface area contributed by atoms with Crippen LogP contribution in [0.15, 0.2) is 18.2 Å². The van der Waals surface area contributed by atoms with E-state index in [2.05, 4.69) is 16.0 Å². The maximum Gasteiger partial charge on any atom is 0.120 e. The van der Waals surface area contributed by atoms with Crippen LogP contribution in [-0.2, 0) is 13.0 Å². The fraction of sp³-hybridized carbons (Fsp3) is 0.308. The van der Waals surface area contributed by atoms with Gasteiger partial charge in [0.15, 0.2) is 0 Å². The Morgan fingerprint density at radius 1 is 1.35 bits per heavy atom. The third-order valence-corrected chi connectivity index (χ3v) is 3.38. The Hall–Kier alpha value is -1.32. The molecule has 3 nitrogen and oxygen atoms in total. The molecule has 1 aromatic carbocycles. The van der Waals surface area contributed by atoms with Crippen molar-refractivity contribution in [1.82, 2.24) is 9.97 Å². The van der Waals surface area contributed by atoms with Gasteiger partial charge in [0.2, 0.25) is 0 Å². The lowest BCUT2D eigenvalue weighted by Crippen LogP contribution is -1.99. The Morgan fingerprint density at radius 2 is 2.12 bits per heavy atom. The van der Waals surface area contributed by atoms with Crippen molar-refractivity contribution in [2.45, 2.75) is 26.8 Å². The average molecular weight is 250 g/mol. The summed E-state index contributed by atoms with van der Waals surface area (Å²) < 4.78 is 0. The lowest BCUT2D eigenvalue weighted by atomic mass is 10.0. The zero-order chi connectivity index (χ0) is 12.4. The molecule has 0 fully saturated rings. The fourth-order valence-electron chi connectivity index (χ4n) is 1.86. The summed E-state index contributed by atoms with van der Waals surface area (Å²) in [6, 6.07) is 5.96. The third kappa shape index (κ3) is 2.51. The van der Waals surface area contributed by atoms with Gasteiger partial charge in [-0.15, -0.1) is 0 Å². The SMILES string of the molecule is Cc1[nH]c(CN)nc1Cc1cccc(Cl)c1C. The summed E-state index contributed by atoms with van der Waals surface area (Å²) in [6.45, 7) is 4.49. The van der Waals surface area contributed by atoms with Crippen LogP contribution in [0.1, 0.15) is 28.3 Å². The predicted molar refractivity (Wildman–Crippen MR) is 70.2 cm³/mol. The highest BCUT2D eigenvalue weighted by Crippen LogP contribution is 2.21. The van der Waals surface area contributed by atoms with E-state index in [1.165, 1.54) is 5.56 Å². The molecule has 1 heterocycles. The summed E-state index contributed by atoms with van der Waals surface area (Å²) in [5.74, 6) is 0.831. The second-order valence-electron chi connectivity index (χ2n) is 4.16. The van der Waals surface area contributed by atoms with Gasteiger partial charge in [-0.05, 0) is 31.0 Å². The molecule has 2 aromatic rings. The predicted octanol–water partition coefficient (Wildman–Crippen LogP) is 2.73. The van der Waals surface area contributed by atoms with Crippen LogP contribution < -0.4 is 5.73 Å². The summed E-state index contributed by atoms with van der Waals surface area (Å²) in [7, 11) is 0. The molecule has 17 heavy (non-hydrogen) atoms. The summed E-state index contributed by atoms with van der Waals surface area (Å²) in [5, 5.41) is 0.801. The quantitative estimate of drug-likeness (QED) is 0.879. The van der Waals surface area contributed by atoms with Crippen LogP contribution in [0.3, 0.4) is 0 Å². The van der Waals surface area contributed by atoms with Gasteiger partial charge in [-0.25, -0.2) is 4.98 Å². The molecule has 2 rings (SSSR count). The first-order chi connectivity index (χ1) is 8.11. The van der Waals surface area contributed by atoms with Crippen LogP contribution >= 0.6 is 11.6 Å². The number of rotatable bonds is 3. The van der Waals surface area contributed by atoms with Crippen LogP contribution in [0.25, 0.3) is 0 Å². The third-order valence-electron chi connectivity index (χ3n) is 2.97. The molecular formula is C13H16ClN3. The number of aryl methyl sites for hydroxylation is 1. The van der Waals surface area contributed by atoms with Crippen molar-refractivity contribution >= 4 is 11.6 Å². The number of benzene rings is 1. The largest absolute Gasteiger partial charge is 0.345 e. The molecule has 0 atom stereocenters. The lowest BCUT2D eigenvalue weighted by Gasteiger charge is -2.06. The maximum atomic E-state index is 6.10. The molecule has 0 aliphatic rings. The van der Waals surface area contributed by atoms with E-state index in [1.807, 2.05) is 26.0 Å². The van der Waals surface area contributed by atoms with Gasteiger partial charge in [-0.3, -0.25) is 0 Å². The number of halogens is 1. The topological polar surface area (TPSA) is 54.7 Å². The van der Waals surface area contributed by atoms with Gasteiger partial charge in [0, 0.05) is 17.1 Å². The van der Waals surface area contributed by atoms with Gasteiger partial charge in [0.05, 0.1) is 12.2 Å². The molecule has 0 aliphatic carbocycles. The van der Waals surface area contributed by atoms with Gasteiger partial charge < -0.3 is 10.7 Å². The highest BCUT2D eigenvalue weighted by molar-refractivity contribution is 6.31. The summed E-state index contributed by atoms with van der Waals surface area (Å²) in [4.78, 5) is 7.65. The first kappa shape index (κ1) is 12.1. The number of aromatic amines is 1. The number of hydrogen-bond acceptors (Lipinski definition) is 2. The highest BCUT2D eigenvalue weighted by atomic mass is 35.5. The van der Waals surface area contributed by atoms with Crippen molar-refractivity contribution in [2.24, 2.45) is 5.73 Å². The normalized spacial score (nSPS) is 10.8. The first-order valence-electron chi connectivity index (χ1n) is 5.60. The smallest absolute Gasteiger partial charge is 0.120 e. The van der Waals surface area contributed by atoms with Crippen molar-refractivity contribution in [1.29, 1.82) is 0 Å². The summed E-state index contributed by atoms with van der Waals surface area (Å²) >= 11 is 6.10. The Labute approximate surface area is 106 Å². The summed E-state index contributed by atoms with van der Waals surface area (Å²) in [6.07, 6.45) is 0.786. The Balaban J connectivity index is 2.31. The Bertz CT molecular complexity index is 531. The van der Waals surface area contributed by atoms with E-state index >= 15 is 0 Å². The highest BCUT2D eigenvalue weighted by Gasteiger charge is 2.09. The molecule has 0 amide bonds. The van der Waals surface area contributed by atoms with Crippen LogP contribution in [-0.4, -0.2) is 9.97 Å². The van der Waals surface area contributed by atoms with Crippen molar-refractivity contribution < 1.29 is 0 Å². The first-order valence-corrected chi connectivity index (χ1v) is 5.98. The number of hydrogen-bond donors (Lipinski definition) is 2. The number of imidazole rings is 1. The molecular weight excluding hydrogens is 234 g/mol. The van der Waals surface area contributed by atoms with Crippen LogP contribution in [0.4, 0.5) is 0 Å². The van der Waals surface area contributed by atoms with Crippen LogP contribution in [0, 0.1) is 13.8 Å².